The van der Waals surface area contributed by atoms with Crippen molar-refractivity contribution in [3.05, 3.63) is 27.7 Å². The predicted octanol–water partition coefficient (Wildman–Crippen LogP) is 2.23. The topological polar surface area (TPSA) is 50.4 Å². The lowest BCUT2D eigenvalue weighted by Crippen LogP contribution is -2.45. The van der Waals surface area contributed by atoms with Crippen molar-refractivity contribution in [1.29, 1.82) is 0 Å². The molecule has 98 valence electrons. The van der Waals surface area contributed by atoms with Gasteiger partial charge in [0.2, 0.25) is 0 Å². The molecule has 0 spiro atoms. The molecule has 0 aliphatic carbocycles. The van der Waals surface area contributed by atoms with Crippen LogP contribution in [0.3, 0.4) is 0 Å². The van der Waals surface area contributed by atoms with E-state index in [9.17, 15) is 4.79 Å². The number of amides is 1. The van der Waals surface area contributed by atoms with Crippen molar-refractivity contribution in [3.8, 4) is 0 Å². The molecule has 2 N–H and O–H groups in total. The summed E-state index contributed by atoms with van der Waals surface area (Å²) < 4.78 is 5.36. The molecule has 0 aromatic heterocycles. The van der Waals surface area contributed by atoms with Crippen LogP contribution in [0.2, 0.25) is 10.0 Å². The summed E-state index contributed by atoms with van der Waals surface area (Å²) in [7, 11) is 0. The first kappa shape index (κ1) is 13.6. The number of morpholine rings is 1. The Bertz CT molecular complexity index is 460. The number of benzene rings is 1. The molecule has 1 unspecified atom stereocenters. The zero-order chi connectivity index (χ0) is 13.1. The van der Waals surface area contributed by atoms with Crippen LogP contribution in [0.5, 0.6) is 0 Å². The Hall–Kier alpha value is -0.810. The highest BCUT2D eigenvalue weighted by molar-refractivity contribution is 6.36. The first-order chi connectivity index (χ1) is 8.58. The van der Waals surface area contributed by atoms with Gasteiger partial charge in [-0.3, -0.25) is 4.79 Å². The Morgan fingerprint density at radius 3 is 2.89 bits per heavy atom. The number of halogens is 2. The summed E-state index contributed by atoms with van der Waals surface area (Å²) in [5, 5.41) is 6.85. The van der Waals surface area contributed by atoms with E-state index >= 15 is 0 Å². The SMILES string of the molecule is Cc1cc(Cl)c(NC(=O)C2CNCCO2)cc1Cl. The van der Waals surface area contributed by atoms with Crippen molar-refractivity contribution in [1.82, 2.24) is 5.32 Å². The zero-order valence-corrected chi connectivity index (χ0v) is 11.4. The number of ether oxygens (including phenoxy) is 1. The molecule has 1 heterocycles. The second-order valence-electron chi connectivity index (χ2n) is 4.13. The first-order valence-electron chi connectivity index (χ1n) is 5.67. The van der Waals surface area contributed by atoms with Crippen molar-refractivity contribution in [2.24, 2.45) is 0 Å². The van der Waals surface area contributed by atoms with Gasteiger partial charge in [-0.15, -0.1) is 0 Å². The van der Waals surface area contributed by atoms with Gasteiger partial charge in [0.25, 0.3) is 5.91 Å². The van der Waals surface area contributed by atoms with Gasteiger partial charge in [-0.05, 0) is 24.6 Å². The molecule has 1 amide bonds. The summed E-state index contributed by atoms with van der Waals surface area (Å²) in [4.78, 5) is 11.9. The van der Waals surface area contributed by atoms with Crippen LogP contribution in [0.4, 0.5) is 5.69 Å². The summed E-state index contributed by atoms with van der Waals surface area (Å²) in [6.45, 7) is 3.65. The Morgan fingerprint density at radius 1 is 1.44 bits per heavy atom. The minimum Gasteiger partial charge on any atom is -0.366 e. The maximum absolute atomic E-state index is 11.9. The molecule has 1 aliphatic heterocycles. The van der Waals surface area contributed by atoms with Crippen LogP contribution in [0.15, 0.2) is 12.1 Å². The van der Waals surface area contributed by atoms with Crippen LogP contribution in [0, 0.1) is 6.92 Å². The van der Waals surface area contributed by atoms with Crippen LogP contribution in [0.25, 0.3) is 0 Å². The first-order valence-corrected chi connectivity index (χ1v) is 6.42. The predicted molar refractivity (Wildman–Crippen MR) is 72.4 cm³/mol. The van der Waals surface area contributed by atoms with Crippen molar-refractivity contribution in [2.75, 3.05) is 25.0 Å². The van der Waals surface area contributed by atoms with E-state index in [0.29, 0.717) is 28.9 Å². The minimum absolute atomic E-state index is 0.219. The molecule has 1 atom stereocenters. The lowest BCUT2D eigenvalue weighted by atomic mass is 10.2. The Balaban J connectivity index is 2.08. The van der Waals surface area contributed by atoms with Gasteiger partial charge in [-0.25, -0.2) is 0 Å². The summed E-state index contributed by atoms with van der Waals surface area (Å²) in [5.74, 6) is -0.219. The van der Waals surface area contributed by atoms with E-state index < -0.39 is 6.10 Å². The lowest BCUT2D eigenvalue weighted by Gasteiger charge is -2.23. The monoisotopic (exact) mass is 288 g/mol. The maximum Gasteiger partial charge on any atom is 0.254 e. The van der Waals surface area contributed by atoms with Crippen molar-refractivity contribution < 1.29 is 9.53 Å². The fourth-order valence-electron chi connectivity index (χ4n) is 1.69. The van der Waals surface area contributed by atoms with E-state index in [1.807, 2.05) is 6.92 Å². The number of hydrogen-bond donors (Lipinski definition) is 2. The van der Waals surface area contributed by atoms with Gasteiger partial charge >= 0.3 is 0 Å². The molecule has 0 radical (unpaired) electrons. The Kier molecular flexibility index (Phi) is 4.45. The third-order valence-corrected chi connectivity index (χ3v) is 3.45. The zero-order valence-electron chi connectivity index (χ0n) is 9.93. The Morgan fingerprint density at radius 2 is 2.22 bits per heavy atom. The van der Waals surface area contributed by atoms with E-state index in [1.54, 1.807) is 12.1 Å². The molecule has 18 heavy (non-hydrogen) atoms. The highest BCUT2D eigenvalue weighted by Gasteiger charge is 2.22. The molecule has 1 aliphatic rings. The molecule has 6 heteroatoms. The van der Waals surface area contributed by atoms with Crippen LogP contribution in [0.1, 0.15) is 5.56 Å². The van der Waals surface area contributed by atoms with Gasteiger partial charge < -0.3 is 15.4 Å². The van der Waals surface area contributed by atoms with Crippen molar-refractivity contribution in [3.63, 3.8) is 0 Å². The van der Waals surface area contributed by atoms with Crippen molar-refractivity contribution in [2.45, 2.75) is 13.0 Å². The molecular weight excluding hydrogens is 275 g/mol. The van der Waals surface area contributed by atoms with Crippen LogP contribution < -0.4 is 10.6 Å². The number of carbonyl (C=O) groups excluding carboxylic acids is 1. The average molecular weight is 289 g/mol. The molecule has 1 fully saturated rings. The van der Waals surface area contributed by atoms with Crippen LogP contribution >= 0.6 is 23.2 Å². The molecule has 4 nitrogen and oxygen atoms in total. The largest absolute Gasteiger partial charge is 0.366 e. The number of carbonyl (C=O) groups is 1. The number of rotatable bonds is 2. The quantitative estimate of drug-likeness (QED) is 0.877. The molecule has 2 rings (SSSR count). The number of anilines is 1. The van der Waals surface area contributed by atoms with Crippen LogP contribution in [-0.4, -0.2) is 31.7 Å². The molecule has 1 aromatic carbocycles. The molecule has 0 bridgehead atoms. The van der Waals surface area contributed by atoms with E-state index in [1.165, 1.54) is 0 Å². The van der Waals surface area contributed by atoms with Gasteiger partial charge in [-0.1, -0.05) is 23.2 Å². The second-order valence-corrected chi connectivity index (χ2v) is 4.95. The van der Waals surface area contributed by atoms with E-state index in [-0.39, 0.29) is 5.91 Å². The van der Waals surface area contributed by atoms with E-state index in [0.717, 1.165) is 12.1 Å². The molecule has 1 aromatic rings. The van der Waals surface area contributed by atoms with Gasteiger partial charge in [0.1, 0.15) is 6.10 Å². The second kappa shape index (κ2) is 5.89. The molecular formula is C12H14Cl2N2O2. The standard InChI is InChI=1S/C12H14Cl2N2O2/c1-7-4-9(14)10(5-8(7)13)16-12(17)11-6-15-2-3-18-11/h4-5,11,15H,2-3,6H2,1H3,(H,16,17). The van der Waals surface area contributed by atoms with Gasteiger partial charge in [0.15, 0.2) is 0 Å². The van der Waals surface area contributed by atoms with Crippen molar-refractivity contribution >= 4 is 34.8 Å². The Labute approximate surface area is 116 Å². The summed E-state index contributed by atoms with van der Waals surface area (Å²) in [6, 6.07) is 3.37. The fraction of sp³-hybridized carbons (Fsp3) is 0.417. The smallest absolute Gasteiger partial charge is 0.254 e. The number of aryl methyl sites for hydroxylation is 1. The lowest BCUT2D eigenvalue weighted by molar-refractivity contribution is -0.128. The summed E-state index contributed by atoms with van der Waals surface area (Å²) in [6.07, 6.45) is -0.491. The summed E-state index contributed by atoms with van der Waals surface area (Å²) in [5.41, 5.74) is 1.38. The number of hydrogen-bond acceptors (Lipinski definition) is 3. The van der Waals surface area contributed by atoms with Gasteiger partial charge in [-0.2, -0.15) is 0 Å². The highest BCUT2D eigenvalue weighted by Crippen LogP contribution is 2.28. The highest BCUT2D eigenvalue weighted by atomic mass is 35.5. The fourth-order valence-corrected chi connectivity index (χ4v) is 2.12. The van der Waals surface area contributed by atoms with E-state index in [2.05, 4.69) is 10.6 Å². The average Bonchev–Trinajstić information content (AvgIpc) is 2.37. The third kappa shape index (κ3) is 3.14. The van der Waals surface area contributed by atoms with Gasteiger partial charge in [0, 0.05) is 18.1 Å². The molecule has 1 saturated heterocycles. The third-order valence-electron chi connectivity index (χ3n) is 2.73. The van der Waals surface area contributed by atoms with E-state index in [4.69, 9.17) is 27.9 Å². The summed E-state index contributed by atoms with van der Waals surface area (Å²) >= 11 is 12.1. The molecule has 0 saturated carbocycles. The normalized spacial score (nSPS) is 19.6. The van der Waals surface area contributed by atoms with Gasteiger partial charge in [0.05, 0.1) is 17.3 Å². The maximum atomic E-state index is 11.9. The van der Waals surface area contributed by atoms with Crippen LogP contribution in [-0.2, 0) is 9.53 Å². The minimum atomic E-state index is -0.491. The number of nitrogens with one attached hydrogen (secondary N) is 2.